The van der Waals surface area contributed by atoms with Gasteiger partial charge in [0, 0.05) is 122 Å². The van der Waals surface area contributed by atoms with Crippen LogP contribution in [0.25, 0.3) is 78.5 Å². The Morgan fingerprint density at radius 1 is 0.458 bits per heavy atom. The summed E-state index contributed by atoms with van der Waals surface area (Å²) in [6.07, 6.45) is 6.57. The van der Waals surface area contributed by atoms with Crippen molar-refractivity contribution < 1.29 is 37.9 Å². The number of hydrogen-bond acceptors (Lipinski definition) is 17. The number of hydrogen-bond donors (Lipinski definition) is 4. The largest absolute Gasteiger partial charge is 0.475 e. The van der Waals surface area contributed by atoms with Crippen LogP contribution in [0, 0.1) is 0 Å². The van der Waals surface area contributed by atoms with Crippen molar-refractivity contribution in [2.75, 3.05) is 88.9 Å². The molecule has 5 aliphatic rings. The molecule has 0 saturated carbocycles. The zero-order chi connectivity index (χ0) is 73.5. The van der Waals surface area contributed by atoms with Gasteiger partial charge in [0.2, 0.25) is 11.7 Å². The number of piperazine rings is 2. The fraction of sp³-hybridized carbons (Fsp3) is 0.179. The molecule has 0 bridgehead atoms. The van der Waals surface area contributed by atoms with Crippen LogP contribution < -0.4 is 16.0 Å². The van der Waals surface area contributed by atoms with Crippen LogP contribution in [0.2, 0.25) is 0 Å². The van der Waals surface area contributed by atoms with Gasteiger partial charge in [-0.1, -0.05) is 121 Å². The number of thiazole rings is 3. The fourth-order valence-electron chi connectivity index (χ4n) is 13.7. The number of furan rings is 2. The number of carbonyl (C=O) groups is 5. The molecular formula is C84H72BrN11O8S3. The minimum absolute atomic E-state index is 0.0234. The van der Waals surface area contributed by atoms with Crippen molar-refractivity contribution in [2.24, 2.45) is 0 Å². The lowest BCUT2D eigenvalue weighted by molar-refractivity contribution is -0.116. The maximum Gasteiger partial charge on any atom is 0.371 e. The molecule has 4 amide bonds. The Labute approximate surface area is 638 Å². The van der Waals surface area contributed by atoms with Crippen molar-refractivity contribution in [3.05, 3.63) is 277 Å². The van der Waals surface area contributed by atoms with Gasteiger partial charge < -0.3 is 38.9 Å². The molecule has 18 rings (SSSR count). The Kier molecular flexibility index (Phi) is 21.6. The van der Waals surface area contributed by atoms with Crippen molar-refractivity contribution >= 4 is 94.9 Å². The normalized spacial score (nSPS) is 13.9. The third-order valence-corrected chi connectivity index (χ3v) is 22.2. The number of nitrogens with one attached hydrogen (secondary N) is 3. The first-order chi connectivity index (χ1) is 52.1. The molecule has 23 heteroatoms. The second-order valence-corrected chi connectivity index (χ2v) is 29.9. The van der Waals surface area contributed by atoms with Crippen molar-refractivity contribution in [3.8, 4) is 78.5 Å². The first kappa shape index (κ1) is 71.5. The van der Waals surface area contributed by atoms with E-state index in [9.17, 15) is 24.0 Å². The number of amides is 4. The summed E-state index contributed by atoms with van der Waals surface area (Å²) in [6.45, 7) is 8.26. The van der Waals surface area contributed by atoms with Crippen molar-refractivity contribution in [1.29, 1.82) is 0 Å². The number of likely N-dealkylation sites (N-methyl/N-ethyl adjacent to an activating group) is 2. The summed E-state index contributed by atoms with van der Waals surface area (Å²) in [4.78, 5) is 86.6. The van der Waals surface area contributed by atoms with E-state index in [1.165, 1.54) is 107 Å². The molecule has 536 valence electrons. The number of benzene rings is 7. The zero-order valence-electron chi connectivity index (χ0n) is 58.5. The fourth-order valence-corrected chi connectivity index (χ4v) is 16.1. The minimum Gasteiger partial charge on any atom is -0.475 e. The van der Waals surface area contributed by atoms with Crippen LogP contribution in [0.15, 0.2) is 230 Å². The van der Waals surface area contributed by atoms with Gasteiger partial charge in [0.25, 0.3) is 17.7 Å². The SMILES string of the molecule is CN1CCN(C(=O)c2ccc(-c3ccc(C(=O)O)o3)cc2)CC1.CN1CCN(CCC(=O)Nc2nc(-c3ccc4c(c3)Cc3ccccc3-4)cs2)CC1.O=C(Nc1nc(-c2ccc3c(c2)Cc2ccccc2-3)cs1)c1ccc(Br)o1.O=C(Nc1nc(-c2ccc3c(c2)Cc2ccccc2-3)cs1)c1cccnc1. The molecule has 0 spiro atoms. The third kappa shape index (κ3) is 16.8. The van der Waals surface area contributed by atoms with Crippen LogP contribution in [0.3, 0.4) is 0 Å². The van der Waals surface area contributed by atoms with E-state index in [4.69, 9.17) is 13.9 Å². The molecule has 2 saturated heterocycles. The second-order valence-electron chi connectivity index (χ2n) is 26.6. The first-order valence-electron chi connectivity index (χ1n) is 35.1. The Morgan fingerprint density at radius 2 is 0.916 bits per heavy atom. The molecule has 8 heterocycles. The minimum atomic E-state index is -1.10. The number of aromatic carboxylic acids is 1. The van der Waals surface area contributed by atoms with E-state index in [-0.39, 0.29) is 35.1 Å². The molecule has 6 aromatic heterocycles. The van der Waals surface area contributed by atoms with E-state index >= 15 is 0 Å². The van der Waals surface area contributed by atoms with Crippen molar-refractivity contribution in [2.45, 2.75) is 25.7 Å². The summed E-state index contributed by atoms with van der Waals surface area (Å²) in [7, 11) is 4.19. The molecular weight excluding hydrogens is 1470 g/mol. The number of halogens is 1. The molecule has 107 heavy (non-hydrogen) atoms. The van der Waals surface area contributed by atoms with Gasteiger partial charge >= 0.3 is 5.97 Å². The Morgan fingerprint density at radius 3 is 1.38 bits per heavy atom. The van der Waals surface area contributed by atoms with Crippen LogP contribution in [-0.4, -0.2) is 147 Å². The summed E-state index contributed by atoms with van der Waals surface area (Å²) >= 11 is 7.51. The third-order valence-electron chi connectivity index (χ3n) is 19.5. The topological polar surface area (TPSA) is 232 Å². The van der Waals surface area contributed by atoms with Crippen LogP contribution in [-0.2, 0) is 24.1 Å². The second kappa shape index (κ2) is 32.3. The first-order valence-corrected chi connectivity index (χ1v) is 38.5. The Bertz CT molecular complexity index is 5440. The average molecular weight is 1540 g/mol. The summed E-state index contributed by atoms with van der Waals surface area (Å²) in [5.41, 5.74) is 23.8. The predicted octanol–water partition coefficient (Wildman–Crippen LogP) is 17.0. The smallest absolute Gasteiger partial charge is 0.371 e. The number of carboxylic acids is 1. The van der Waals surface area contributed by atoms with Gasteiger partial charge in [0.15, 0.2) is 25.8 Å². The zero-order valence-corrected chi connectivity index (χ0v) is 62.5. The van der Waals surface area contributed by atoms with E-state index in [0.29, 0.717) is 43.4 Å². The highest BCUT2D eigenvalue weighted by atomic mass is 79.9. The molecule has 4 N–H and O–H groups in total. The van der Waals surface area contributed by atoms with E-state index in [1.54, 1.807) is 67.0 Å². The maximum atomic E-state index is 12.5. The number of pyridine rings is 1. The van der Waals surface area contributed by atoms with Gasteiger partial charge in [-0.05, 0) is 183 Å². The van der Waals surface area contributed by atoms with E-state index < -0.39 is 5.97 Å². The van der Waals surface area contributed by atoms with Crippen LogP contribution in [0.4, 0.5) is 15.4 Å². The summed E-state index contributed by atoms with van der Waals surface area (Å²) in [6, 6.07) is 62.0. The molecule has 2 aliphatic heterocycles. The maximum absolute atomic E-state index is 12.5. The van der Waals surface area contributed by atoms with Gasteiger partial charge in [-0.15, -0.1) is 34.0 Å². The standard InChI is InChI=1S/C24H26N4OS.C22H15N3OS.C21H13BrN2O2S.C17H18N2O4/c1-27-10-12-28(13-11-27)9-8-23(29)26-24-25-22(16-30-24)18-6-7-21-19(15-18)14-17-4-2-3-5-20(17)21;26-21(16-5-3-9-23-12-16)25-22-24-20(13-27-22)15-7-8-19-17(11-15)10-14-4-1-2-6-18(14)19;22-19-8-7-18(26-19)20(25)24-21-23-17(11-27-21)13-5-6-16-14(10-13)9-12-3-1-2-4-15(12)16;1-18-8-10-19(11-9-18)16(20)13-4-2-12(3-5-13)14-6-7-15(23-14)17(21)22/h2-7,15-16H,8-14H2,1H3,(H,25,26,29);1-9,11-13H,10H2,(H,24,25,26);1-8,10-11H,9H2,(H,23,24,25);2-7H,8-11H2,1H3,(H,21,22). The molecule has 19 nitrogen and oxygen atoms in total. The summed E-state index contributed by atoms with van der Waals surface area (Å²) in [5.74, 6) is -0.931. The highest BCUT2D eigenvalue weighted by molar-refractivity contribution is 9.10. The molecule has 0 atom stereocenters. The molecule has 0 unspecified atom stereocenters. The van der Waals surface area contributed by atoms with Crippen LogP contribution in [0.1, 0.15) is 81.6 Å². The van der Waals surface area contributed by atoms with E-state index in [0.717, 1.165) is 118 Å². The number of fused-ring (bicyclic) bond motifs is 9. The lowest BCUT2D eigenvalue weighted by Gasteiger charge is -2.32. The number of rotatable bonds is 14. The molecule has 13 aromatic rings. The number of anilines is 3. The quantitative estimate of drug-likeness (QED) is 0.0793. The number of nitrogens with zero attached hydrogens (tertiary/aromatic N) is 8. The number of carbonyl (C=O) groups excluding carboxylic acids is 4. The van der Waals surface area contributed by atoms with Crippen molar-refractivity contribution in [1.82, 2.24) is 39.5 Å². The molecule has 3 aliphatic carbocycles. The predicted molar refractivity (Wildman–Crippen MR) is 426 cm³/mol. The Balaban J connectivity index is 0.000000115. The van der Waals surface area contributed by atoms with Gasteiger partial charge in [-0.25, -0.2) is 19.7 Å². The lowest BCUT2D eigenvalue weighted by Crippen LogP contribution is -2.47. The summed E-state index contributed by atoms with van der Waals surface area (Å²) in [5, 5.41) is 25.3. The van der Waals surface area contributed by atoms with Crippen LogP contribution in [0.5, 0.6) is 0 Å². The van der Waals surface area contributed by atoms with Gasteiger partial charge in [-0.3, -0.25) is 34.8 Å². The number of carboxylic acid groups (broad SMARTS) is 1. The summed E-state index contributed by atoms with van der Waals surface area (Å²) < 4.78 is 11.1. The van der Waals surface area contributed by atoms with Crippen LogP contribution >= 0.6 is 49.9 Å². The van der Waals surface area contributed by atoms with Crippen molar-refractivity contribution in [3.63, 3.8) is 0 Å². The van der Waals surface area contributed by atoms with E-state index in [2.05, 4.69) is 201 Å². The highest BCUT2D eigenvalue weighted by Crippen LogP contribution is 2.42. The van der Waals surface area contributed by atoms with E-state index in [1.807, 2.05) is 28.1 Å². The molecule has 2 fully saturated rings. The number of aromatic nitrogens is 4. The van der Waals surface area contributed by atoms with Gasteiger partial charge in [-0.2, -0.15) is 0 Å². The average Bonchev–Trinajstić information content (AvgIpc) is 1.64. The Hall–Kier alpha value is -11.2. The highest BCUT2D eigenvalue weighted by Gasteiger charge is 2.26. The molecule has 0 radical (unpaired) electrons. The van der Waals surface area contributed by atoms with Gasteiger partial charge in [0.05, 0.1) is 22.6 Å². The lowest BCUT2D eigenvalue weighted by atomic mass is 10.0. The molecule has 7 aromatic carbocycles. The monoisotopic (exact) mass is 1540 g/mol. The van der Waals surface area contributed by atoms with Gasteiger partial charge in [0.1, 0.15) is 5.76 Å².